The van der Waals surface area contributed by atoms with Crippen molar-refractivity contribution < 1.29 is 0 Å². The van der Waals surface area contributed by atoms with Gasteiger partial charge in [0.2, 0.25) is 0 Å². The zero-order valence-electron chi connectivity index (χ0n) is 15.7. The molecule has 1 saturated carbocycles. The van der Waals surface area contributed by atoms with Crippen molar-refractivity contribution in [1.82, 2.24) is 15.5 Å². The van der Waals surface area contributed by atoms with E-state index in [4.69, 9.17) is 0 Å². The van der Waals surface area contributed by atoms with Crippen LogP contribution in [0.4, 0.5) is 0 Å². The summed E-state index contributed by atoms with van der Waals surface area (Å²) >= 11 is 1.88. The normalized spacial score (nSPS) is 17.0. The van der Waals surface area contributed by atoms with Crippen LogP contribution in [0.3, 0.4) is 0 Å². The number of halogens is 1. The van der Waals surface area contributed by atoms with Crippen molar-refractivity contribution in [3.05, 3.63) is 0 Å². The van der Waals surface area contributed by atoms with Crippen molar-refractivity contribution in [3.8, 4) is 0 Å². The Morgan fingerprint density at radius 1 is 1.22 bits per heavy atom. The maximum atomic E-state index is 4.30. The van der Waals surface area contributed by atoms with Gasteiger partial charge in [-0.1, -0.05) is 19.3 Å². The molecular formula is C17H37IN4S. The molecule has 0 aliphatic heterocycles. The highest BCUT2D eigenvalue weighted by Crippen LogP contribution is 2.21. The molecule has 0 unspecified atom stereocenters. The minimum Gasteiger partial charge on any atom is -0.356 e. The van der Waals surface area contributed by atoms with Gasteiger partial charge in [0.05, 0.1) is 0 Å². The summed E-state index contributed by atoms with van der Waals surface area (Å²) < 4.78 is 0.235. The Labute approximate surface area is 165 Å². The van der Waals surface area contributed by atoms with Crippen LogP contribution in [-0.2, 0) is 0 Å². The molecule has 0 radical (unpaired) electrons. The first-order valence-corrected chi connectivity index (χ1v) is 9.91. The summed E-state index contributed by atoms with van der Waals surface area (Å²) in [4.78, 5) is 6.85. The molecule has 6 heteroatoms. The van der Waals surface area contributed by atoms with E-state index in [9.17, 15) is 0 Å². The highest BCUT2D eigenvalue weighted by atomic mass is 127. The fourth-order valence-corrected chi connectivity index (χ4v) is 3.05. The highest BCUT2D eigenvalue weighted by molar-refractivity contribution is 14.0. The summed E-state index contributed by atoms with van der Waals surface area (Å²) in [6.45, 7) is 7.57. The van der Waals surface area contributed by atoms with Crippen molar-refractivity contribution >= 4 is 41.7 Å². The Kier molecular flexibility index (Phi) is 12.8. The maximum absolute atomic E-state index is 4.30. The average Bonchev–Trinajstić information content (AvgIpc) is 2.54. The zero-order chi connectivity index (χ0) is 16.4. The number of hydrogen-bond donors (Lipinski definition) is 2. The van der Waals surface area contributed by atoms with Gasteiger partial charge in [-0.2, -0.15) is 11.8 Å². The van der Waals surface area contributed by atoms with Gasteiger partial charge >= 0.3 is 0 Å². The third kappa shape index (κ3) is 10.0. The van der Waals surface area contributed by atoms with Crippen LogP contribution in [0.2, 0.25) is 0 Å². The Hall–Kier alpha value is 0.310. The molecule has 23 heavy (non-hydrogen) atoms. The zero-order valence-corrected chi connectivity index (χ0v) is 18.8. The van der Waals surface area contributed by atoms with Crippen LogP contribution in [0.5, 0.6) is 0 Å². The number of aliphatic imine (C=N–C) groups is 1. The summed E-state index contributed by atoms with van der Waals surface area (Å²) in [5.41, 5.74) is 0. The molecule has 0 amide bonds. The first kappa shape index (κ1) is 23.3. The lowest BCUT2D eigenvalue weighted by Gasteiger charge is -2.31. The lowest BCUT2D eigenvalue weighted by Crippen LogP contribution is -2.44. The minimum absolute atomic E-state index is 0. The predicted molar refractivity (Wildman–Crippen MR) is 116 cm³/mol. The first-order chi connectivity index (χ1) is 10.5. The van der Waals surface area contributed by atoms with E-state index in [0.717, 1.165) is 25.1 Å². The molecule has 0 saturated heterocycles. The molecule has 1 fully saturated rings. The Bertz CT molecular complexity index is 331. The molecule has 0 aromatic heterocycles. The third-order valence-corrected chi connectivity index (χ3v) is 5.89. The van der Waals surface area contributed by atoms with E-state index in [0.29, 0.717) is 0 Å². The summed E-state index contributed by atoms with van der Waals surface area (Å²) in [5, 5.41) is 6.84. The summed E-state index contributed by atoms with van der Waals surface area (Å²) in [5.74, 6) is 0.919. The molecule has 0 aromatic carbocycles. The molecule has 0 aromatic rings. The highest BCUT2D eigenvalue weighted by Gasteiger charge is 2.18. The monoisotopic (exact) mass is 456 g/mol. The van der Waals surface area contributed by atoms with Crippen LogP contribution in [0.25, 0.3) is 0 Å². The Balaban J connectivity index is 0.00000484. The topological polar surface area (TPSA) is 39.7 Å². The van der Waals surface area contributed by atoms with Crippen LogP contribution >= 0.6 is 35.7 Å². The molecule has 2 N–H and O–H groups in total. The minimum atomic E-state index is 0. The Morgan fingerprint density at radius 2 is 1.87 bits per heavy atom. The predicted octanol–water partition coefficient (Wildman–Crippen LogP) is 3.57. The van der Waals surface area contributed by atoms with Gasteiger partial charge in [0, 0.05) is 30.9 Å². The van der Waals surface area contributed by atoms with Gasteiger partial charge in [-0.15, -0.1) is 24.0 Å². The SMILES string of the molecule is CN=C(NCCCN(C)C1CCCCC1)NCC(C)(C)SC.I. The average molecular weight is 456 g/mol. The van der Waals surface area contributed by atoms with Gasteiger partial charge in [-0.05, 0) is 53.0 Å². The van der Waals surface area contributed by atoms with E-state index < -0.39 is 0 Å². The van der Waals surface area contributed by atoms with E-state index in [-0.39, 0.29) is 28.7 Å². The van der Waals surface area contributed by atoms with Crippen molar-refractivity contribution in [3.63, 3.8) is 0 Å². The van der Waals surface area contributed by atoms with Crippen molar-refractivity contribution in [2.24, 2.45) is 4.99 Å². The van der Waals surface area contributed by atoms with Crippen molar-refractivity contribution in [2.45, 2.75) is 63.2 Å². The molecule has 0 atom stereocenters. The molecule has 1 aliphatic rings. The van der Waals surface area contributed by atoms with E-state index in [1.54, 1.807) is 0 Å². The standard InChI is InChI=1S/C17H36N4S.HI/c1-17(2,22-5)14-20-16(18-3)19-12-9-13-21(4)15-10-7-6-8-11-15;/h15H,6-14H2,1-5H3,(H2,18,19,20);1H. The van der Waals surface area contributed by atoms with Crippen molar-refractivity contribution in [2.75, 3.05) is 40.0 Å². The smallest absolute Gasteiger partial charge is 0.191 e. The Morgan fingerprint density at radius 3 is 2.43 bits per heavy atom. The third-order valence-electron chi connectivity index (χ3n) is 4.64. The summed E-state index contributed by atoms with van der Waals surface area (Å²) in [7, 11) is 4.12. The number of hydrogen-bond acceptors (Lipinski definition) is 3. The molecule has 0 heterocycles. The summed E-state index contributed by atoms with van der Waals surface area (Å²) in [6, 6.07) is 0.813. The van der Waals surface area contributed by atoms with Gasteiger partial charge in [0.15, 0.2) is 5.96 Å². The number of nitrogens with one attached hydrogen (secondary N) is 2. The lowest BCUT2D eigenvalue weighted by molar-refractivity contribution is 0.190. The largest absolute Gasteiger partial charge is 0.356 e. The number of nitrogens with zero attached hydrogens (tertiary/aromatic N) is 2. The van der Waals surface area contributed by atoms with Crippen LogP contribution in [0.1, 0.15) is 52.4 Å². The lowest BCUT2D eigenvalue weighted by atomic mass is 9.94. The maximum Gasteiger partial charge on any atom is 0.191 e. The van der Waals surface area contributed by atoms with Gasteiger partial charge in [0.25, 0.3) is 0 Å². The second-order valence-electron chi connectivity index (χ2n) is 6.94. The van der Waals surface area contributed by atoms with Gasteiger partial charge < -0.3 is 15.5 Å². The van der Waals surface area contributed by atoms with Gasteiger partial charge in [-0.3, -0.25) is 4.99 Å². The van der Waals surface area contributed by atoms with Crippen LogP contribution in [-0.4, -0.2) is 61.6 Å². The number of guanidine groups is 1. The first-order valence-electron chi connectivity index (χ1n) is 8.68. The van der Waals surface area contributed by atoms with Gasteiger partial charge in [0.1, 0.15) is 0 Å². The van der Waals surface area contributed by atoms with Gasteiger partial charge in [-0.25, -0.2) is 0 Å². The second kappa shape index (κ2) is 12.6. The molecule has 0 bridgehead atoms. The molecule has 4 nitrogen and oxygen atoms in total. The van der Waals surface area contributed by atoms with Crippen LogP contribution in [0, 0.1) is 0 Å². The van der Waals surface area contributed by atoms with E-state index in [1.807, 2.05) is 18.8 Å². The molecule has 1 rings (SSSR count). The van der Waals surface area contributed by atoms with Crippen molar-refractivity contribution in [1.29, 1.82) is 0 Å². The van der Waals surface area contributed by atoms with E-state index in [1.165, 1.54) is 45.1 Å². The molecule has 138 valence electrons. The molecular weight excluding hydrogens is 419 g/mol. The number of rotatable bonds is 8. The second-order valence-corrected chi connectivity index (χ2v) is 8.46. The quantitative estimate of drug-likeness (QED) is 0.254. The van der Waals surface area contributed by atoms with Crippen LogP contribution < -0.4 is 10.6 Å². The molecule has 1 aliphatic carbocycles. The van der Waals surface area contributed by atoms with E-state index in [2.05, 4.69) is 47.7 Å². The summed E-state index contributed by atoms with van der Waals surface area (Å²) in [6.07, 6.45) is 10.3. The van der Waals surface area contributed by atoms with Crippen LogP contribution in [0.15, 0.2) is 4.99 Å². The van der Waals surface area contributed by atoms with E-state index >= 15 is 0 Å². The number of thioether (sulfide) groups is 1. The fourth-order valence-electron chi connectivity index (χ4n) is 2.83. The molecule has 0 spiro atoms. The fraction of sp³-hybridized carbons (Fsp3) is 0.941.